The van der Waals surface area contributed by atoms with Crippen molar-refractivity contribution in [1.82, 2.24) is 0 Å². The molecular weight excluding hydrogens is 288 g/mol. The fourth-order valence-electron chi connectivity index (χ4n) is 1.37. The summed E-state index contributed by atoms with van der Waals surface area (Å²) in [5.41, 5.74) is 5.25. The second-order valence-electron chi connectivity index (χ2n) is 3.86. The Morgan fingerprint density at radius 3 is 2.60 bits per heavy atom. The first-order chi connectivity index (χ1) is 9.25. The van der Waals surface area contributed by atoms with Crippen LogP contribution in [-0.4, -0.2) is 38.3 Å². The number of nitrogen functional groups attached to an aromatic ring is 1. The maximum atomic E-state index is 11.7. The maximum absolute atomic E-state index is 11.7. The van der Waals surface area contributed by atoms with Crippen LogP contribution in [0.15, 0.2) is 18.2 Å². The lowest BCUT2D eigenvalue weighted by atomic mass is 10.1. The quantitative estimate of drug-likeness (QED) is 0.507. The average Bonchev–Trinajstić information content (AvgIpc) is 2.37. The van der Waals surface area contributed by atoms with Crippen molar-refractivity contribution in [1.29, 1.82) is 0 Å². The number of carboxylic acid groups (broad SMARTS) is 1. The van der Waals surface area contributed by atoms with Crippen LogP contribution in [0.3, 0.4) is 0 Å². The van der Waals surface area contributed by atoms with Gasteiger partial charge < -0.3 is 15.6 Å². The van der Waals surface area contributed by atoms with Gasteiger partial charge in [0.05, 0.1) is 30.5 Å². The normalized spacial score (nSPS) is 10.8. The zero-order valence-corrected chi connectivity index (χ0v) is 11.4. The summed E-state index contributed by atoms with van der Waals surface area (Å²) in [5, 5.41) is 8.98. The van der Waals surface area contributed by atoms with Gasteiger partial charge in [-0.1, -0.05) is 0 Å². The number of aromatic carboxylic acids is 1. The summed E-state index contributed by atoms with van der Waals surface area (Å²) in [5.74, 6) is -2.50. The summed E-state index contributed by atoms with van der Waals surface area (Å²) in [4.78, 5) is 21.9. The van der Waals surface area contributed by atoms with Crippen LogP contribution in [0, 0.1) is 0 Å². The van der Waals surface area contributed by atoms with Gasteiger partial charge in [-0.15, -0.1) is 0 Å². The Kier molecular flexibility index (Phi) is 4.92. The molecule has 0 saturated carbocycles. The number of hydrogen-bond donors (Lipinski definition) is 3. The minimum Gasteiger partial charge on any atom is -0.478 e. The first-order valence-electron chi connectivity index (χ1n) is 5.45. The monoisotopic (exact) mass is 302 g/mol. The average molecular weight is 302 g/mol. The smallest absolute Gasteiger partial charge is 0.337 e. The standard InChI is InChI=1S/C11H14N2O6S/c1-19-10(14)4-5-20(17,18)13-9-3-2-7(12)6-8(9)11(15)16/h2-3,6,13H,4-5,12H2,1H3,(H,15,16). The molecule has 0 atom stereocenters. The van der Waals surface area contributed by atoms with Gasteiger partial charge in [0.2, 0.25) is 10.0 Å². The zero-order valence-electron chi connectivity index (χ0n) is 10.6. The van der Waals surface area contributed by atoms with Crippen molar-refractivity contribution < 1.29 is 27.9 Å². The summed E-state index contributed by atoms with van der Waals surface area (Å²) < 4.78 is 29.9. The summed E-state index contributed by atoms with van der Waals surface area (Å²) in [6, 6.07) is 3.75. The highest BCUT2D eigenvalue weighted by Gasteiger charge is 2.18. The molecule has 0 unspecified atom stereocenters. The topological polar surface area (TPSA) is 136 Å². The van der Waals surface area contributed by atoms with E-state index in [1.54, 1.807) is 0 Å². The zero-order chi connectivity index (χ0) is 15.3. The first kappa shape index (κ1) is 15.8. The van der Waals surface area contributed by atoms with Gasteiger partial charge in [-0.05, 0) is 18.2 Å². The number of carbonyl (C=O) groups is 2. The summed E-state index contributed by atoms with van der Waals surface area (Å²) in [6.45, 7) is 0. The van der Waals surface area contributed by atoms with Crippen molar-refractivity contribution in [2.75, 3.05) is 23.3 Å². The summed E-state index contributed by atoms with van der Waals surface area (Å²) >= 11 is 0. The van der Waals surface area contributed by atoms with Crippen LogP contribution in [0.2, 0.25) is 0 Å². The molecular formula is C11H14N2O6S. The molecule has 0 amide bonds. The second kappa shape index (κ2) is 6.24. The number of nitrogens with two attached hydrogens (primary N) is 1. The Morgan fingerprint density at radius 1 is 1.40 bits per heavy atom. The molecule has 0 bridgehead atoms. The highest BCUT2D eigenvalue weighted by Crippen LogP contribution is 2.20. The fourth-order valence-corrected chi connectivity index (χ4v) is 2.42. The minimum atomic E-state index is -3.86. The van der Waals surface area contributed by atoms with E-state index in [1.165, 1.54) is 12.1 Å². The maximum Gasteiger partial charge on any atom is 0.337 e. The van der Waals surface area contributed by atoms with Crippen molar-refractivity contribution in [3.05, 3.63) is 23.8 Å². The number of methoxy groups -OCH3 is 1. The van der Waals surface area contributed by atoms with Crippen molar-refractivity contribution >= 4 is 33.3 Å². The molecule has 1 aromatic rings. The van der Waals surface area contributed by atoms with Crippen LogP contribution < -0.4 is 10.5 Å². The molecule has 0 aliphatic rings. The summed E-state index contributed by atoms with van der Waals surface area (Å²) in [6.07, 6.45) is -0.330. The number of esters is 1. The fraction of sp³-hybridized carbons (Fsp3) is 0.273. The molecule has 0 spiro atoms. The number of carbonyl (C=O) groups excluding carboxylic acids is 1. The molecule has 1 aromatic carbocycles. The van der Waals surface area contributed by atoms with E-state index in [4.69, 9.17) is 10.8 Å². The van der Waals surface area contributed by atoms with Gasteiger partial charge in [0.1, 0.15) is 0 Å². The van der Waals surface area contributed by atoms with Gasteiger partial charge in [0, 0.05) is 5.69 Å². The van der Waals surface area contributed by atoms with Crippen molar-refractivity contribution in [3.8, 4) is 0 Å². The van der Waals surface area contributed by atoms with E-state index in [1.807, 2.05) is 0 Å². The third-order valence-corrected chi connectivity index (χ3v) is 3.61. The van der Waals surface area contributed by atoms with Gasteiger partial charge in [0.15, 0.2) is 0 Å². The minimum absolute atomic E-state index is 0.114. The van der Waals surface area contributed by atoms with E-state index in [0.29, 0.717) is 0 Å². The van der Waals surface area contributed by atoms with E-state index in [2.05, 4.69) is 9.46 Å². The molecule has 110 valence electrons. The Hall–Kier alpha value is -2.29. The van der Waals surface area contributed by atoms with Crippen molar-refractivity contribution in [3.63, 3.8) is 0 Å². The van der Waals surface area contributed by atoms with Crippen LogP contribution in [-0.2, 0) is 19.6 Å². The lowest BCUT2D eigenvalue weighted by Crippen LogP contribution is -2.21. The van der Waals surface area contributed by atoms with Crippen molar-refractivity contribution in [2.24, 2.45) is 0 Å². The molecule has 4 N–H and O–H groups in total. The molecule has 20 heavy (non-hydrogen) atoms. The summed E-state index contributed by atoms with van der Waals surface area (Å²) in [7, 11) is -2.72. The number of rotatable bonds is 6. The number of sulfonamides is 1. The molecule has 1 rings (SSSR count). The Labute approximate surface area is 115 Å². The largest absolute Gasteiger partial charge is 0.478 e. The van der Waals surface area contributed by atoms with Gasteiger partial charge in [-0.2, -0.15) is 0 Å². The Balaban J connectivity index is 2.92. The van der Waals surface area contributed by atoms with E-state index in [0.717, 1.165) is 13.2 Å². The number of benzene rings is 1. The lowest BCUT2D eigenvalue weighted by molar-refractivity contribution is -0.140. The van der Waals surface area contributed by atoms with Crippen LogP contribution in [0.1, 0.15) is 16.8 Å². The molecule has 8 nitrogen and oxygen atoms in total. The van der Waals surface area contributed by atoms with Gasteiger partial charge in [0.25, 0.3) is 0 Å². The third kappa shape index (κ3) is 4.43. The predicted molar refractivity (Wildman–Crippen MR) is 71.9 cm³/mol. The van der Waals surface area contributed by atoms with Crippen LogP contribution >= 0.6 is 0 Å². The number of hydrogen-bond acceptors (Lipinski definition) is 6. The highest BCUT2D eigenvalue weighted by molar-refractivity contribution is 7.92. The van der Waals surface area contributed by atoms with Crippen LogP contribution in [0.5, 0.6) is 0 Å². The number of ether oxygens (including phenoxy) is 1. The molecule has 0 saturated heterocycles. The Bertz CT molecular complexity index is 626. The number of carboxylic acids is 1. The molecule has 0 fully saturated rings. The first-order valence-corrected chi connectivity index (χ1v) is 7.10. The third-order valence-electron chi connectivity index (χ3n) is 2.34. The van der Waals surface area contributed by atoms with Crippen LogP contribution in [0.25, 0.3) is 0 Å². The van der Waals surface area contributed by atoms with Gasteiger partial charge >= 0.3 is 11.9 Å². The second-order valence-corrected chi connectivity index (χ2v) is 5.70. The number of nitrogens with one attached hydrogen (secondary N) is 1. The van der Waals surface area contributed by atoms with E-state index < -0.39 is 27.7 Å². The SMILES string of the molecule is COC(=O)CCS(=O)(=O)Nc1ccc(N)cc1C(=O)O. The molecule has 0 aliphatic heterocycles. The molecule has 0 heterocycles. The Morgan fingerprint density at radius 2 is 2.05 bits per heavy atom. The van der Waals surface area contributed by atoms with Crippen LogP contribution in [0.4, 0.5) is 11.4 Å². The molecule has 9 heteroatoms. The molecule has 0 radical (unpaired) electrons. The van der Waals surface area contributed by atoms with E-state index in [-0.39, 0.29) is 23.4 Å². The molecule has 0 aromatic heterocycles. The van der Waals surface area contributed by atoms with E-state index >= 15 is 0 Å². The number of anilines is 2. The van der Waals surface area contributed by atoms with Gasteiger partial charge in [-0.25, -0.2) is 13.2 Å². The van der Waals surface area contributed by atoms with Crippen molar-refractivity contribution in [2.45, 2.75) is 6.42 Å². The molecule has 0 aliphatic carbocycles. The lowest BCUT2D eigenvalue weighted by Gasteiger charge is -2.10. The van der Waals surface area contributed by atoms with Gasteiger partial charge in [-0.3, -0.25) is 9.52 Å². The van der Waals surface area contributed by atoms with E-state index in [9.17, 15) is 18.0 Å². The highest BCUT2D eigenvalue weighted by atomic mass is 32.2. The predicted octanol–water partition coefficient (Wildman–Crippen LogP) is 0.272.